The zero-order valence-corrected chi connectivity index (χ0v) is 10.4. The van der Waals surface area contributed by atoms with E-state index in [2.05, 4.69) is 0 Å². The topological polar surface area (TPSA) is 66.8 Å². The van der Waals surface area contributed by atoms with Crippen molar-refractivity contribution >= 4 is 5.78 Å². The first-order valence-electron chi connectivity index (χ1n) is 5.98. The highest BCUT2D eigenvalue weighted by atomic mass is 16.6. The van der Waals surface area contributed by atoms with Crippen molar-refractivity contribution in [2.24, 2.45) is 5.41 Å². The lowest BCUT2D eigenvalue weighted by Crippen LogP contribution is -2.55. The van der Waals surface area contributed by atoms with Crippen LogP contribution in [0, 0.1) is 5.41 Å². The Morgan fingerprint density at radius 1 is 1.24 bits per heavy atom. The van der Waals surface area contributed by atoms with Gasteiger partial charge < -0.3 is 9.84 Å². The van der Waals surface area contributed by atoms with Crippen LogP contribution in [0.25, 0.3) is 0 Å². The molecule has 0 saturated carbocycles. The molecule has 1 aliphatic carbocycles. The third kappa shape index (κ3) is 2.36. The van der Waals surface area contributed by atoms with E-state index in [1.807, 2.05) is 13.8 Å². The van der Waals surface area contributed by atoms with E-state index >= 15 is 0 Å². The van der Waals surface area contributed by atoms with Gasteiger partial charge in [-0.05, 0) is 5.41 Å². The summed E-state index contributed by atoms with van der Waals surface area (Å²) in [4.78, 5) is 12.1. The van der Waals surface area contributed by atoms with E-state index in [9.17, 15) is 15.1 Å². The number of rotatable bonds is 1. The number of hydrogen-bond donors (Lipinski definition) is 2. The van der Waals surface area contributed by atoms with E-state index in [1.54, 1.807) is 0 Å². The summed E-state index contributed by atoms with van der Waals surface area (Å²) in [6, 6.07) is 0. The Morgan fingerprint density at radius 2 is 1.82 bits per heavy atom. The van der Waals surface area contributed by atoms with Crippen LogP contribution in [-0.2, 0) is 9.53 Å². The SMILES string of the molecule is CC1(C)CC(=O)C([N+]2(O)CCOCC2)=C(O)C1. The summed E-state index contributed by atoms with van der Waals surface area (Å²) < 4.78 is 4.70. The number of Topliss-reactive ketones (excluding diaryl/α,β-unsaturated/α-hetero) is 1. The van der Waals surface area contributed by atoms with Crippen LogP contribution in [-0.4, -0.2) is 47.0 Å². The van der Waals surface area contributed by atoms with Crippen molar-refractivity contribution in [3.8, 4) is 0 Å². The summed E-state index contributed by atoms with van der Waals surface area (Å²) in [5, 5.41) is 20.5. The third-order valence-corrected chi connectivity index (χ3v) is 3.45. The van der Waals surface area contributed by atoms with Crippen molar-refractivity contribution in [3.05, 3.63) is 11.5 Å². The van der Waals surface area contributed by atoms with Crippen molar-refractivity contribution in [2.45, 2.75) is 26.7 Å². The Kier molecular flexibility index (Phi) is 3.01. The molecule has 1 saturated heterocycles. The Morgan fingerprint density at radius 3 is 2.35 bits per heavy atom. The number of allylic oxidation sites excluding steroid dienone is 2. The number of quaternary nitrogens is 1. The maximum atomic E-state index is 12.1. The predicted molar refractivity (Wildman–Crippen MR) is 60.3 cm³/mol. The lowest BCUT2D eigenvalue weighted by Gasteiger charge is -2.38. The molecule has 2 rings (SSSR count). The minimum atomic E-state index is -0.471. The molecule has 5 nitrogen and oxygen atoms in total. The molecule has 96 valence electrons. The molecule has 0 amide bonds. The first-order chi connectivity index (χ1) is 7.84. The first-order valence-corrected chi connectivity index (χ1v) is 5.98. The molecule has 0 aromatic carbocycles. The molecule has 0 unspecified atom stereocenters. The van der Waals surface area contributed by atoms with Crippen molar-refractivity contribution in [3.63, 3.8) is 0 Å². The van der Waals surface area contributed by atoms with Crippen LogP contribution in [0.3, 0.4) is 0 Å². The number of aliphatic hydroxyl groups excluding tert-OH is 1. The predicted octanol–water partition coefficient (Wildman–Crippen LogP) is 1.38. The zero-order valence-electron chi connectivity index (χ0n) is 10.4. The van der Waals surface area contributed by atoms with Gasteiger partial charge in [-0.1, -0.05) is 13.8 Å². The Labute approximate surface area is 101 Å². The number of nitrogens with zero attached hydrogens (tertiary/aromatic N) is 1. The van der Waals surface area contributed by atoms with E-state index in [0.717, 1.165) is 0 Å². The van der Waals surface area contributed by atoms with Gasteiger partial charge in [0, 0.05) is 12.8 Å². The summed E-state index contributed by atoms with van der Waals surface area (Å²) in [5.41, 5.74) is -0.0524. The maximum absolute atomic E-state index is 12.1. The molecule has 0 bridgehead atoms. The normalized spacial score (nSPS) is 28.3. The maximum Gasteiger partial charge on any atom is 0.246 e. The van der Waals surface area contributed by atoms with E-state index in [-0.39, 0.29) is 22.7 Å². The largest absolute Gasteiger partial charge is 0.506 e. The van der Waals surface area contributed by atoms with Crippen LogP contribution in [0.1, 0.15) is 26.7 Å². The molecule has 1 fully saturated rings. The van der Waals surface area contributed by atoms with Crippen molar-refractivity contribution in [1.29, 1.82) is 0 Å². The summed E-state index contributed by atoms with van der Waals surface area (Å²) in [7, 11) is 0. The van der Waals surface area contributed by atoms with Crippen LogP contribution in [0.5, 0.6) is 0 Å². The lowest BCUT2D eigenvalue weighted by molar-refractivity contribution is -1.07. The smallest absolute Gasteiger partial charge is 0.246 e. The monoisotopic (exact) mass is 242 g/mol. The minimum absolute atomic E-state index is 0.0376. The van der Waals surface area contributed by atoms with Crippen LogP contribution in [0.15, 0.2) is 11.5 Å². The molecule has 0 aromatic heterocycles. The van der Waals surface area contributed by atoms with Gasteiger partial charge in [0.15, 0.2) is 5.76 Å². The highest BCUT2D eigenvalue weighted by molar-refractivity contribution is 5.95. The van der Waals surface area contributed by atoms with Gasteiger partial charge in [-0.3, -0.25) is 4.79 Å². The second kappa shape index (κ2) is 4.08. The second-order valence-corrected chi connectivity index (χ2v) is 5.72. The second-order valence-electron chi connectivity index (χ2n) is 5.72. The molecule has 0 radical (unpaired) electrons. The molecule has 17 heavy (non-hydrogen) atoms. The third-order valence-electron chi connectivity index (χ3n) is 3.45. The van der Waals surface area contributed by atoms with Crippen LogP contribution < -0.4 is 0 Å². The summed E-state index contributed by atoms with van der Waals surface area (Å²) in [6.45, 7) is 5.35. The van der Waals surface area contributed by atoms with Gasteiger partial charge in [0.1, 0.15) is 13.1 Å². The molecule has 0 spiro atoms. The number of hydrogen-bond acceptors (Lipinski definition) is 4. The Bertz CT molecular complexity index is 367. The Hall–Kier alpha value is -0.910. The first kappa shape index (κ1) is 12.5. The van der Waals surface area contributed by atoms with Gasteiger partial charge in [-0.2, -0.15) is 0 Å². The van der Waals surface area contributed by atoms with Crippen LogP contribution in [0.2, 0.25) is 0 Å². The number of carbonyl (C=O) groups excluding carboxylic acids is 1. The molecule has 2 N–H and O–H groups in total. The molecule has 0 atom stereocenters. The molecular weight excluding hydrogens is 222 g/mol. The fourth-order valence-electron chi connectivity index (χ4n) is 2.62. The number of ketones is 1. The Balaban J connectivity index is 2.33. The van der Waals surface area contributed by atoms with Crippen molar-refractivity contribution in [1.82, 2.24) is 0 Å². The van der Waals surface area contributed by atoms with E-state index in [4.69, 9.17) is 4.74 Å². The van der Waals surface area contributed by atoms with Crippen molar-refractivity contribution < 1.29 is 24.5 Å². The molecule has 0 aromatic rings. The molecular formula is C12H20NO4+. The van der Waals surface area contributed by atoms with Crippen molar-refractivity contribution in [2.75, 3.05) is 26.3 Å². The molecule has 1 heterocycles. The fraction of sp³-hybridized carbons (Fsp3) is 0.750. The van der Waals surface area contributed by atoms with Gasteiger partial charge in [-0.15, -0.1) is 4.65 Å². The van der Waals surface area contributed by atoms with Gasteiger partial charge >= 0.3 is 0 Å². The van der Waals surface area contributed by atoms with Crippen LogP contribution >= 0.6 is 0 Å². The van der Waals surface area contributed by atoms with Gasteiger partial charge in [0.25, 0.3) is 0 Å². The molecule has 1 aliphatic heterocycles. The summed E-state index contributed by atoms with van der Waals surface area (Å²) in [6.07, 6.45) is 0.809. The van der Waals surface area contributed by atoms with Gasteiger partial charge in [0.05, 0.1) is 13.2 Å². The van der Waals surface area contributed by atoms with E-state index < -0.39 is 4.65 Å². The van der Waals surface area contributed by atoms with Gasteiger partial charge in [0.2, 0.25) is 11.5 Å². The number of morpholine rings is 1. The molecule has 5 heteroatoms. The van der Waals surface area contributed by atoms with Crippen LogP contribution in [0.4, 0.5) is 0 Å². The van der Waals surface area contributed by atoms with E-state index in [0.29, 0.717) is 39.1 Å². The minimum Gasteiger partial charge on any atom is -0.506 e. The van der Waals surface area contributed by atoms with Gasteiger partial charge in [-0.25, -0.2) is 5.21 Å². The number of hydroxylamine groups is 3. The fourth-order valence-corrected chi connectivity index (χ4v) is 2.62. The lowest BCUT2D eigenvalue weighted by atomic mass is 9.78. The summed E-state index contributed by atoms with van der Waals surface area (Å²) >= 11 is 0. The van der Waals surface area contributed by atoms with E-state index in [1.165, 1.54) is 0 Å². The number of aliphatic hydroxyl groups is 1. The number of carbonyl (C=O) groups is 1. The average molecular weight is 242 g/mol. The highest BCUT2D eigenvalue weighted by Crippen LogP contribution is 2.38. The summed E-state index contributed by atoms with van der Waals surface area (Å²) in [5.74, 6) is -0.112. The highest BCUT2D eigenvalue weighted by Gasteiger charge is 2.46. The molecule has 2 aliphatic rings. The average Bonchev–Trinajstić information content (AvgIpc) is 2.14. The number of ether oxygens (including phenoxy) is 1. The standard InChI is InChI=1S/C12H19NO4/c1-12(2)7-9(14)11(10(15)8-12)13(16)3-5-17-6-4-13/h16H,3-8H2,1-2H3/p+1. The quantitative estimate of drug-likeness (QED) is 0.682. The zero-order chi connectivity index (χ0) is 12.7.